The van der Waals surface area contributed by atoms with Gasteiger partial charge in [0.2, 0.25) is 5.91 Å². The molecule has 0 aromatic rings. The molecule has 2 aliphatic rings. The van der Waals surface area contributed by atoms with Gasteiger partial charge in [-0.25, -0.2) is 0 Å². The van der Waals surface area contributed by atoms with E-state index in [4.69, 9.17) is 5.11 Å². The average Bonchev–Trinajstić information content (AvgIpc) is 3.21. The highest BCUT2D eigenvalue weighted by atomic mass is 16.4. The van der Waals surface area contributed by atoms with Crippen LogP contribution in [0.25, 0.3) is 0 Å². The summed E-state index contributed by atoms with van der Waals surface area (Å²) in [7, 11) is 0. The standard InChI is InChI=1S/C17H29NO3/c1-2-14(10-13-6-7-13)18-15(19)11-17(12-16(20)21)8-4-3-5-9-17/h13-14H,2-12H2,1H3,(H,18,19)(H,20,21). The first-order chi connectivity index (χ1) is 10.0. The lowest BCUT2D eigenvalue weighted by atomic mass is 9.69. The third kappa shape index (κ3) is 5.33. The van der Waals surface area contributed by atoms with Crippen LogP contribution in [0, 0.1) is 11.3 Å². The molecule has 2 N–H and O–H groups in total. The van der Waals surface area contributed by atoms with Gasteiger partial charge < -0.3 is 10.4 Å². The van der Waals surface area contributed by atoms with Crippen LogP contribution < -0.4 is 5.32 Å². The minimum atomic E-state index is -0.769. The summed E-state index contributed by atoms with van der Waals surface area (Å²) in [6.07, 6.45) is 10.2. The molecule has 0 bridgehead atoms. The smallest absolute Gasteiger partial charge is 0.303 e. The number of carbonyl (C=O) groups is 2. The molecule has 4 nitrogen and oxygen atoms in total. The molecule has 2 aliphatic carbocycles. The number of nitrogens with one attached hydrogen (secondary N) is 1. The molecule has 0 aromatic heterocycles. The van der Waals surface area contributed by atoms with Crippen LogP contribution in [-0.2, 0) is 9.59 Å². The Balaban J connectivity index is 1.88. The highest BCUT2D eigenvalue weighted by Gasteiger charge is 2.37. The lowest BCUT2D eigenvalue weighted by molar-refractivity contribution is -0.141. The quantitative estimate of drug-likeness (QED) is 0.720. The van der Waals surface area contributed by atoms with Crippen LogP contribution >= 0.6 is 0 Å². The van der Waals surface area contributed by atoms with Crippen molar-refractivity contribution in [2.75, 3.05) is 0 Å². The van der Waals surface area contributed by atoms with E-state index in [-0.39, 0.29) is 23.8 Å². The molecule has 2 fully saturated rings. The van der Waals surface area contributed by atoms with Crippen LogP contribution in [-0.4, -0.2) is 23.0 Å². The molecule has 0 saturated heterocycles. The van der Waals surface area contributed by atoms with E-state index in [0.717, 1.165) is 44.4 Å². The topological polar surface area (TPSA) is 66.4 Å². The number of aliphatic carboxylic acids is 1. The maximum atomic E-state index is 12.4. The van der Waals surface area contributed by atoms with Crippen molar-refractivity contribution in [3.05, 3.63) is 0 Å². The molecule has 1 amide bonds. The highest BCUT2D eigenvalue weighted by Crippen LogP contribution is 2.42. The summed E-state index contributed by atoms with van der Waals surface area (Å²) in [5, 5.41) is 12.3. The molecular weight excluding hydrogens is 266 g/mol. The van der Waals surface area contributed by atoms with E-state index in [0.29, 0.717) is 6.42 Å². The molecule has 2 saturated carbocycles. The molecule has 1 unspecified atom stereocenters. The summed E-state index contributed by atoms with van der Waals surface area (Å²) in [4.78, 5) is 23.5. The van der Waals surface area contributed by atoms with Gasteiger partial charge in [-0.05, 0) is 37.0 Å². The first-order valence-electron chi connectivity index (χ1n) is 8.54. The first kappa shape index (κ1) is 16.3. The fourth-order valence-corrected chi connectivity index (χ4v) is 3.74. The predicted octanol–water partition coefficient (Wildman–Crippen LogP) is 3.50. The Bertz CT molecular complexity index is 370. The van der Waals surface area contributed by atoms with Crippen molar-refractivity contribution in [1.82, 2.24) is 5.32 Å². The van der Waals surface area contributed by atoms with Crippen molar-refractivity contribution in [3.63, 3.8) is 0 Å². The molecule has 1 atom stereocenters. The number of rotatable bonds is 8. The van der Waals surface area contributed by atoms with Gasteiger partial charge in [0.25, 0.3) is 0 Å². The second kappa shape index (κ2) is 7.28. The Morgan fingerprint density at radius 1 is 1.19 bits per heavy atom. The molecule has 21 heavy (non-hydrogen) atoms. The van der Waals surface area contributed by atoms with Gasteiger partial charge in [0.1, 0.15) is 0 Å². The van der Waals surface area contributed by atoms with Gasteiger partial charge >= 0.3 is 5.97 Å². The summed E-state index contributed by atoms with van der Waals surface area (Å²) < 4.78 is 0. The van der Waals surface area contributed by atoms with E-state index in [1.807, 2.05) is 0 Å². The van der Waals surface area contributed by atoms with Crippen LogP contribution in [0.4, 0.5) is 0 Å². The lowest BCUT2D eigenvalue weighted by Gasteiger charge is -2.36. The third-order valence-corrected chi connectivity index (χ3v) is 5.15. The number of hydrogen-bond acceptors (Lipinski definition) is 2. The average molecular weight is 295 g/mol. The van der Waals surface area contributed by atoms with Gasteiger partial charge in [-0.15, -0.1) is 0 Å². The van der Waals surface area contributed by atoms with Crippen molar-refractivity contribution in [2.24, 2.45) is 11.3 Å². The van der Waals surface area contributed by atoms with Gasteiger partial charge in [0.15, 0.2) is 0 Å². The van der Waals surface area contributed by atoms with E-state index in [1.165, 1.54) is 19.3 Å². The van der Waals surface area contributed by atoms with Gasteiger partial charge in [-0.3, -0.25) is 9.59 Å². The maximum Gasteiger partial charge on any atom is 0.303 e. The molecule has 0 radical (unpaired) electrons. The van der Waals surface area contributed by atoms with E-state index in [9.17, 15) is 9.59 Å². The third-order valence-electron chi connectivity index (χ3n) is 5.15. The SMILES string of the molecule is CCC(CC1CC1)NC(=O)CC1(CC(=O)O)CCCCC1. The minimum absolute atomic E-state index is 0.0608. The van der Waals surface area contributed by atoms with Crippen molar-refractivity contribution in [1.29, 1.82) is 0 Å². The Morgan fingerprint density at radius 3 is 2.38 bits per heavy atom. The largest absolute Gasteiger partial charge is 0.481 e. The number of carboxylic acids is 1. The van der Waals surface area contributed by atoms with Crippen molar-refractivity contribution < 1.29 is 14.7 Å². The van der Waals surface area contributed by atoms with E-state index in [2.05, 4.69) is 12.2 Å². The number of amides is 1. The van der Waals surface area contributed by atoms with E-state index < -0.39 is 5.97 Å². The van der Waals surface area contributed by atoms with Gasteiger partial charge in [0.05, 0.1) is 6.42 Å². The van der Waals surface area contributed by atoms with Gasteiger partial charge in [-0.1, -0.05) is 39.0 Å². The number of hydrogen-bond donors (Lipinski definition) is 2. The Labute approximate surface area is 127 Å². The Morgan fingerprint density at radius 2 is 1.86 bits per heavy atom. The minimum Gasteiger partial charge on any atom is -0.481 e. The van der Waals surface area contributed by atoms with Gasteiger partial charge in [-0.2, -0.15) is 0 Å². The molecule has 0 spiro atoms. The summed E-state index contributed by atoms with van der Waals surface area (Å²) in [5.41, 5.74) is -0.300. The summed E-state index contributed by atoms with van der Waals surface area (Å²) >= 11 is 0. The molecule has 120 valence electrons. The normalized spacial score (nSPS) is 22.5. The summed E-state index contributed by atoms with van der Waals surface area (Å²) in [5.74, 6) is 0.0956. The zero-order chi connectivity index (χ0) is 15.3. The fourth-order valence-electron chi connectivity index (χ4n) is 3.74. The van der Waals surface area contributed by atoms with Crippen molar-refractivity contribution in [3.8, 4) is 0 Å². The molecule has 2 rings (SSSR count). The second-order valence-corrected chi connectivity index (χ2v) is 7.16. The summed E-state index contributed by atoms with van der Waals surface area (Å²) in [6.45, 7) is 2.11. The fraction of sp³-hybridized carbons (Fsp3) is 0.882. The van der Waals surface area contributed by atoms with E-state index in [1.54, 1.807) is 0 Å². The molecule has 0 aromatic carbocycles. The molecule has 0 heterocycles. The monoisotopic (exact) mass is 295 g/mol. The maximum absolute atomic E-state index is 12.4. The van der Waals surface area contributed by atoms with Crippen LogP contribution in [0.3, 0.4) is 0 Å². The Kier molecular flexibility index (Phi) is 5.65. The number of carboxylic acid groups (broad SMARTS) is 1. The number of carbonyl (C=O) groups excluding carboxylic acids is 1. The van der Waals surface area contributed by atoms with Crippen molar-refractivity contribution >= 4 is 11.9 Å². The molecular formula is C17H29NO3. The van der Waals surface area contributed by atoms with Crippen LogP contribution in [0.2, 0.25) is 0 Å². The Hall–Kier alpha value is -1.06. The van der Waals surface area contributed by atoms with Gasteiger partial charge in [0, 0.05) is 12.5 Å². The molecule has 4 heteroatoms. The van der Waals surface area contributed by atoms with Crippen LogP contribution in [0.5, 0.6) is 0 Å². The van der Waals surface area contributed by atoms with Crippen LogP contribution in [0.1, 0.15) is 77.6 Å². The highest BCUT2D eigenvalue weighted by molar-refractivity contribution is 5.78. The summed E-state index contributed by atoms with van der Waals surface area (Å²) in [6, 6.07) is 0.274. The first-order valence-corrected chi connectivity index (χ1v) is 8.54. The predicted molar refractivity (Wildman–Crippen MR) is 82.0 cm³/mol. The van der Waals surface area contributed by atoms with E-state index >= 15 is 0 Å². The second-order valence-electron chi connectivity index (χ2n) is 7.16. The zero-order valence-corrected chi connectivity index (χ0v) is 13.2. The van der Waals surface area contributed by atoms with Crippen molar-refractivity contribution in [2.45, 2.75) is 83.6 Å². The zero-order valence-electron chi connectivity index (χ0n) is 13.2. The lowest BCUT2D eigenvalue weighted by Crippen LogP contribution is -2.39. The molecule has 0 aliphatic heterocycles. The van der Waals surface area contributed by atoms with Crippen LogP contribution in [0.15, 0.2) is 0 Å².